The summed E-state index contributed by atoms with van der Waals surface area (Å²) < 4.78 is 27.1. The van der Waals surface area contributed by atoms with Gasteiger partial charge in [0.15, 0.2) is 5.03 Å². The Morgan fingerprint density at radius 3 is 2.67 bits per heavy atom. The Bertz CT molecular complexity index is 1010. The minimum absolute atomic E-state index is 0.0771. The number of aryl methyl sites for hydroxylation is 1. The van der Waals surface area contributed by atoms with Gasteiger partial charge < -0.3 is 5.11 Å². The highest BCUT2D eigenvalue weighted by Crippen LogP contribution is 2.28. The summed E-state index contributed by atoms with van der Waals surface area (Å²) in [7, 11) is -3.94. The average Bonchev–Trinajstić information content (AvgIpc) is 2.91. The molecular weight excluding hydrogens is 352 g/mol. The molecule has 0 aliphatic heterocycles. The molecule has 0 aliphatic rings. The number of halogens is 1. The lowest BCUT2D eigenvalue weighted by Gasteiger charge is -2.11. The second kappa shape index (κ2) is 6.26. The lowest BCUT2D eigenvalue weighted by Crippen LogP contribution is -2.17. The molecule has 6 nitrogen and oxygen atoms in total. The number of pyridine rings is 1. The van der Waals surface area contributed by atoms with Gasteiger partial charge in [-0.25, -0.2) is 8.96 Å². The summed E-state index contributed by atoms with van der Waals surface area (Å²) >= 11 is 5.97. The number of nitrogens with zero attached hydrogens (tertiary/aromatic N) is 2. The van der Waals surface area contributed by atoms with Gasteiger partial charge in [0, 0.05) is 22.3 Å². The monoisotopic (exact) mass is 364 g/mol. The topological polar surface area (TPSA) is 89.3 Å². The Morgan fingerprint density at radius 1 is 1.21 bits per heavy atom. The van der Waals surface area contributed by atoms with E-state index in [9.17, 15) is 13.2 Å². The van der Waals surface area contributed by atoms with Crippen molar-refractivity contribution in [3.63, 3.8) is 0 Å². The summed E-state index contributed by atoms with van der Waals surface area (Å²) in [4.78, 5) is 14.8. The van der Waals surface area contributed by atoms with Crippen molar-refractivity contribution < 1.29 is 18.3 Å². The predicted octanol–water partition coefficient (Wildman–Crippen LogP) is 2.94. The Kier molecular flexibility index (Phi) is 4.29. The van der Waals surface area contributed by atoms with Crippen LogP contribution in [0.5, 0.6) is 0 Å². The molecular formula is C16H13ClN2O4S. The van der Waals surface area contributed by atoms with Crippen LogP contribution in [-0.4, -0.2) is 28.5 Å². The maximum atomic E-state index is 13.0. The van der Waals surface area contributed by atoms with Crippen molar-refractivity contribution in [2.24, 2.45) is 0 Å². The summed E-state index contributed by atoms with van der Waals surface area (Å²) in [6, 6.07) is 11.1. The molecule has 2 aromatic heterocycles. The summed E-state index contributed by atoms with van der Waals surface area (Å²) in [6.45, 7) is 0. The molecule has 24 heavy (non-hydrogen) atoms. The van der Waals surface area contributed by atoms with Gasteiger partial charge in [0.05, 0.1) is 11.9 Å². The van der Waals surface area contributed by atoms with Crippen molar-refractivity contribution in [2.45, 2.75) is 17.9 Å². The Morgan fingerprint density at radius 2 is 2.00 bits per heavy atom. The van der Waals surface area contributed by atoms with E-state index in [-0.39, 0.29) is 17.9 Å². The Hall–Kier alpha value is -2.38. The van der Waals surface area contributed by atoms with Crippen LogP contribution in [0.3, 0.4) is 0 Å². The standard InChI is InChI=1S/C16H13ClN2O4S/c17-12-4-6-14-11(9-12)10-13(5-7-16(20)21)19(14)24(22,23)15-3-1-2-8-18-15/h1-4,6,8-10H,5,7H2,(H,20,21). The van der Waals surface area contributed by atoms with Crippen molar-refractivity contribution in [3.8, 4) is 0 Å². The largest absolute Gasteiger partial charge is 0.481 e. The van der Waals surface area contributed by atoms with Crippen molar-refractivity contribution in [1.82, 2.24) is 8.96 Å². The van der Waals surface area contributed by atoms with Gasteiger partial charge in [0.2, 0.25) is 0 Å². The Balaban J connectivity index is 2.24. The van der Waals surface area contributed by atoms with Gasteiger partial charge in [-0.05, 0) is 42.8 Å². The molecule has 0 fully saturated rings. The minimum Gasteiger partial charge on any atom is -0.481 e. The molecule has 0 spiro atoms. The summed E-state index contributed by atoms with van der Waals surface area (Å²) in [5.74, 6) is -1.000. The molecule has 0 amide bonds. The molecule has 124 valence electrons. The molecule has 1 N–H and O–H groups in total. The number of benzene rings is 1. The molecule has 3 aromatic rings. The normalized spacial score (nSPS) is 11.7. The molecule has 0 atom stereocenters. The van der Waals surface area contributed by atoms with E-state index in [2.05, 4.69) is 4.98 Å². The SMILES string of the molecule is O=C(O)CCc1cc2cc(Cl)ccc2n1S(=O)(=O)c1ccccn1. The van der Waals surface area contributed by atoms with E-state index in [4.69, 9.17) is 16.7 Å². The van der Waals surface area contributed by atoms with E-state index >= 15 is 0 Å². The van der Waals surface area contributed by atoms with Gasteiger partial charge in [0.25, 0.3) is 10.0 Å². The third-order valence-electron chi connectivity index (χ3n) is 3.53. The minimum atomic E-state index is -3.94. The van der Waals surface area contributed by atoms with Crippen LogP contribution in [0.4, 0.5) is 0 Å². The number of fused-ring (bicyclic) bond motifs is 1. The quantitative estimate of drug-likeness (QED) is 0.751. The average molecular weight is 365 g/mol. The summed E-state index contributed by atoms with van der Waals surface area (Å²) in [5.41, 5.74) is 0.811. The first-order valence-corrected chi connectivity index (χ1v) is 8.89. The van der Waals surface area contributed by atoms with Crippen molar-refractivity contribution in [3.05, 3.63) is 59.4 Å². The number of carboxylic acids is 1. The van der Waals surface area contributed by atoms with Gasteiger partial charge in [0.1, 0.15) is 0 Å². The number of aromatic nitrogens is 2. The van der Waals surface area contributed by atoms with E-state index in [1.165, 1.54) is 12.3 Å². The summed E-state index contributed by atoms with van der Waals surface area (Å²) in [6.07, 6.45) is 1.29. The zero-order chi connectivity index (χ0) is 17.3. The summed E-state index contributed by atoms with van der Waals surface area (Å²) in [5, 5.41) is 9.91. The van der Waals surface area contributed by atoms with Crippen LogP contribution in [0.25, 0.3) is 10.9 Å². The van der Waals surface area contributed by atoms with Gasteiger partial charge >= 0.3 is 5.97 Å². The fourth-order valence-corrected chi connectivity index (χ4v) is 4.19. The highest BCUT2D eigenvalue weighted by atomic mass is 35.5. The molecule has 0 saturated heterocycles. The maximum absolute atomic E-state index is 13.0. The van der Waals surface area contributed by atoms with E-state index in [0.29, 0.717) is 21.6 Å². The lowest BCUT2D eigenvalue weighted by atomic mass is 10.2. The first kappa shape index (κ1) is 16.5. The molecule has 3 rings (SSSR count). The molecule has 1 aromatic carbocycles. The molecule has 0 aliphatic carbocycles. The van der Waals surface area contributed by atoms with Gasteiger partial charge in [-0.15, -0.1) is 0 Å². The fraction of sp³-hybridized carbons (Fsp3) is 0.125. The van der Waals surface area contributed by atoms with E-state index in [1.807, 2.05) is 0 Å². The van der Waals surface area contributed by atoms with Gasteiger partial charge in [-0.1, -0.05) is 17.7 Å². The van der Waals surface area contributed by atoms with E-state index < -0.39 is 16.0 Å². The number of carbonyl (C=O) groups is 1. The van der Waals surface area contributed by atoms with Crippen LogP contribution >= 0.6 is 11.6 Å². The fourth-order valence-electron chi connectivity index (χ4n) is 2.50. The Labute approximate surface area is 143 Å². The van der Waals surface area contributed by atoms with Gasteiger partial charge in [-0.2, -0.15) is 8.42 Å². The van der Waals surface area contributed by atoms with Crippen molar-refractivity contribution >= 4 is 38.5 Å². The number of carboxylic acid groups (broad SMARTS) is 1. The third-order valence-corrected chi connectivity index (χ3v) is 5.45. The zero-order valence-corrected chi connectivity index (χ0v) is 14.0. The predicted molar refractivity (Wildman–Crippen MR) is 89.7 cm³/mol. The first-order valence-electron chi connectivity index (χ1n) is 7.08. The van der Waals surface area contributed by atoms with Crippen LogP contribution in [0, 0.1) is 0 Å². The molecule has 8 heteroatoms. The molecule has 0 unspecified atom stereocenters. The number of hydrogen-bond donors (Lipinski definition) is 1. The van der Waals surface area contributed by atoms with Crippen LogP contribution in [-0.2, 0) is 21.2 Å². The van der Waals surface area contributed by atoms with E-state index in [1.54, 1.807) is 36.4 Å². The van der Waals surface area contributed by atoms with Gasteiger partial charge in [-0.3, -0.25) is 4.79 Å². The molecule has 0 radical (unpaired) electrons. The van der Waals surface area contributed by atoms with Crippen LogP contribution in [0.15, 0.2) is 53.7 Å². The number of hydrogen-bond acceptors (Lipinski definition) is 4. The van der Waals surface area contributed by atoms with Crippen molar-refractivity contribution in [1.29, 1.82) is 0 Å². The van der Waals surface area contributed by atoms with Crippen LogP contribution in [0.1, 0.15) is 12.1 Å². The van der Waals surface area contributed by atoms with E-state index in [0.717, 1.165) is 3.97 Å². The van der Waals surface area contributed by atoms with Crippen LogP contribution < -0.4 is 0 Å². The van der Waals surface area contributed by atoms with Crippen LogP contribution in [0.2, 0.25) is 5.02 Å². The molecule has 2 heterocycles. The third kappa shape index (κ3) is 3.00. The smallest absolute Gasteiger partial charge is 0.303 e. The highest BCUT2D eigenvalue weighted by molar-refractivity contribution is 7.90. The maximum Gasteiger partial charge on any atom is 0.303 e. The molecule has 0 bridgehead atoms. The lowest BCUT2D eigenvalue weighted by molar-refractivity contribution is -0.136. The number of rotatable bonds is 5. The first-order chi connectivity index (χ1) is 11.4. The zero-order valence-electron chi connectivity index (χ0n) is 12.4. The van der Waals surface area contributed by atoms with Crippen molar-refractivity contribution in [2.75, 3.05) is 0 Å². The second-order valence-corrected chi connectivity index (χ2v) is 7.34. The molecule has 0 saturated carbocycles. The number of aliphatic carboxylic acids is 1. The second-order valence-electron chi connectivity index (χ2n) is 5.17. The highest BCUT2D eigenvalue weighted by Gasteiger charge is 2.24.